The molecule has 8 nitrogen and oxygen atoms in total. The summed E-state index contributed by atoms with van der Waals surface area (Å²) in [6.45, 7) is 5.81. The largest absolute Gasteiger partial charge is 0.340 e. The third-order valence-electron chi connectivity index (χ3n) is 6.30. The lowest BCUT2D eigenvalue weighted by Crippen LogP contribution is -2.45. The smallest absolute Gasteiger partial charge is 0.272 e. The Kier molecular flexibility index (Phi) is 7.29. The van der Waals surface area contributed by atoms with Crippen molar-refractivity contribution < 1.29 is 14.4 Å². The number of nitrogens with one attached hydrogen (secondary N) is 1. The quantitative estimate of drug-likeness (QED) is 0.572. The minimum atomic E-state index is -0.731. The summed E-state index contributed by atoms with van der Waals surface area (Å²) in [4.78, 5) is 42.3. The predicted octanol–water partition coefficient (Wildman–Crippen LogP) is 3.01. The number of aryl methyl sites for hydroxylation is 2. The van der Waals surface area contributed by atoms with E-state index in [9.17, 15) is 14.4 Å². The van der Waals surface area contributed by atoms with E-state index in [0.29, 0.717) is 31.9 Å². The molecule has 0 spiro atoms. The van der Waals surface area contributed by atoms with Crippen LogP contribution in [0.2, 0.25) is 0 Å². The van der Waals surface area contributed by atoms with E-state index < -0.39 is 11.9 Å². The summed E-state index contributed by atoms with van der Waals surface area (Å²) in [6, 6.07) is 18.5. The summed E-state index contributed by atoms with van der Waals surface area (Å²) in [6.07, 6.45) is 0.743. The average Bonchev–Trinajstić information content (AvgIpc) is 3.22. The molecule has 0 bridgehead atoms. The summed E-state index contributed by atoms with van der Waals surface area (Å²) in [5, 5.41) is 7.11. The Labute approximate surface area is 205 Å². The molecule has 0 saturated carbocycles. The van der Waals surface area contributed by atoms with E-state index in [1.807, 2.05) is 61.5 Å². The van der Waals surface area contributed by atoms with Crippen LogP contribution in [0.5, 0.6) is 0 Å². The van der Waals surface area contributed by atoms with E-state index in [1.54, 1.807) is 28.5 Å². The van der Waals surface area contributed by atoms with Crippen LogP contribution in [0.4, 0.5) is 0 Å². The number of rotatable bonds is 7. The van der Waals surface area contributed by atoms with E-state index >= 15 is 0 Å². The minimum absolute atomic E-state index is 0.136. The van der Waals surface area contributed by atoms with Crippen molar-refractivity contribution >= 4 is 17.7 Å². The van der Waals surface area contributed by atoms with Crippen molar-refractivity contribution in [3.05, 3.63) is 88.7 Å². The van der Waals surface area contributed by atoms with Gasteiger partial charge < -0.3 is 15.1 Å². The fourth-order valence-electron chi connectivity index (χ4n) is 4.29. The first-order valence-corrected chi connectivity index (χ1v) is 11.8. The first-order valence-electron chi connectivity index (χ1n) is 11.8. The maximum absolute atomic E-state index is 13.3. The molecule has 3 amide bonds. The molecule has 1 aliphatic heterocycles. The zero-order chi connectivity index (χ0) is 24.9. The van der Waals surface area contributed by atoms with Crippen LogP contribution in [-0.2, 0) is 24.4 Å². The highest BCUT2D eigenvalue weighted by Gasteiger charge is 2.28. The molecule has 0 saturated heterocycles. The molecule has 1 atom stereocenters. The lowest BCUT2D eigenvalue weighted by Gasteiger charge is -2.22. The third-order valence-corrected chi connectivity index (χ3v) is 6.30. The lowest BCUT2D eigenvalue weighted by atomic mass is 10.1. The van der Waals surface area contributed by atoms with Gasteiger partial charge in [-0.1, -0.05) is 54.6 Å². The van der Waals surface area contributed by atoms with Gasteiger partial charge in [0, 0.05) is 39.3 Å². The third kappa shape index (κ3) is 5.59. The van der Waals surface area contributed by atoms with E-state index in [1.165, 1.54) is 6.07 Å². The van der Waals surface area contributed by atoms with Gasteiger partial charge >= 0.3 is 0 Å². The Morgan fingerprint density at radius 3 is 2.54 bits per heavy atom. The zero-order valence-corrected chi connectivity index (χ0v) is 20.4. The molecule has 2 heterocycles. The van der Waals surface area contributed by atoms with Crippen molar-refractivity contribution in [2.45, 2.75) is 45.9 Å². The summed E-state index contributed by atoms with van der Waals surface area (Å²) >= 11 is 0. The van der Waals surface area contributed by atoms with Gasteiger partial charge in [-0.3, -0.25) is 19.1 Å². The highest BCUT2D eigenvalue weighted by molar-refractivity contribution is 5.99. The maximum Gasteiger partial charge on any atom is 0.272 e. The number of benzene rings is 2. The van der Waals surface area contributed by atoms with E-state index in [4.69, 9.17) is 0 Å². The van der Waals surface area contributed by atoms with Gasteiger partial charge in [0.25, 0.3) is 11.8 Å². The van der Waals surface area contributed by atoms with Gasteiger partial charge in [0.15, 0.2) is 5.69 Å². The number of hydrogen-bond donors (Lipinski definition) is 1. The molecule has 1 aromatic heterocycles. The highest BCUT2D eigenvalue weighted by Crippen LogP contribution is 2.18. The fraction of sp³-hybridized carbons (Fsp3) is 0.333. The van der Waals surface area contributed by atoms with Gasteiger partial charge in [0.2, 0.25) is 5.91 Å². The topological polar surface area (TPSA) is 87.5 Å². The standard InChI is InChI=1S/C27H31N5O3/c1-19-10-7-8-13-22(19)18-31-14-9-15-32-24(27(31)35)16-23(29-32)25(33)28-20(2)26(34)30(3)17-21-11-5-4-6-12-21/h4-8,10-13,16,20H,9,14-15,17-18H2,1-3H3,(H,28,33). The number of amides is 3. The van der Waals surface area contributed by atoms with E-state index in [0.717, 1.165) is 23.1 Å². The number of likely N-dealkylation sites (N-methyl/N-ethyl adjacent to an activating group) is 1. The summed E-state index contributed by atoms with van der Waals surface area (Å²) in [7, 11) is 1.71. The number of hydrogen-bond acceptors (Lipinski definition) is 4. The first kappa shape index (κ1) is 24.2. The normalized spacial score (nSPS) is 14.1. The molecule has 1 aliphatic rings. The Bertz CT molecular complexity index is 1220. The van der Waals surface area contributed by atoms with E-state index in [-0.39, 0.29) is 17.5 Å². The lowest BCUT2D eigenvalue weighted by molar-refractivity contribution is -0.132. The molecule has 3 aromatic rings. The number of nitrogens with zero attached hydrogens (tertiary/aromatic N) is 4. The second-order valence-electron chi connectivity index (χ2n) is 9.02. The molecule has 1 unspecified atom stereocenters. The average molecular weight is 474 g/mol. The van der Waals surface area contributed by atoms with E-state index in [2.05, 4.69) is 10.4 Å². The predicted molar refractivity (Wildman–Crippen MR) is 133 cm³/mol. The van der Waals surface area contributed by atoms with Crippen LogP contribution in [0, 0.1) is 6.92 Å². The second-order valence-corrected chi connectivity index (χ2v) is 9.02. The number of aromatic nitrogens is 2. The van der Waals surface area contributed by atoms with Crippen LogP contribution < -0.4 is 5.32 Å². The SMILES string of the molecule is Cc1ccccc1CN1CCCn2nc(C(=O)NC(C)C(=O)N(C)Cc3ccccc3)cc2C1=O. The molecule has 4 rings (SSSR count). The Balaban J connectivity index is 1.42. The zero-order valence-electron chi connectivity index (χ0n) is 20.4. The second kappa shape index (κ2) is 10.5. The van der Waals surface area contributed by atoms with Gasteiger partial charge in [-0.25, -0.2) is 0 Å². The van der Waals surface area contributed by atoms with Gasteiger partial charge in [-0.15, -0.1) is 0 Å². The van der Waals surface area contributed by atoms with Crippen LogP contribution in [0.15, 0.2) is 60.7 Å². The van der Waals surface area contributed by atoms with Crippen LogP contribution in [0.3, 0.4) is 0 Å². The van der Waals surface area contributed by atoms with Gasteiger partial charge in [0.05, 0.1) is 0 Å². The van der Waals surface area contributed by atoms with Crippen molar-refractivity contribution in [3.63, 3.8) is 0 Å². The monoisotopic (exact) mass is 473 g/mol. The Morgan fingerprint density at radius 2 is 1.80 bits per heavy atom. The van der Waals surface area contributed by atoms with Crippen molar-refractivity contribution in [3.8, 4) is 0 Å². The van der Waals surface area contributed by atoms with Crippen LogP contribution in [0.1, 0.15) is 51.0 Å². The molecule has 2 aromatic carbocycles. The van der Waals surface area contributed by atoms with Crippen molar-refractivity contribution in [1.29, 1.82) is 0 Å². The number of fused-ring (bicyclic) bond motifs is 1. The molecule has 0 radical (unpaired) electrons. The molecule has 35 heavy (non-hydrogen) atoms. The Morgan fingerprint density at radius 1 is 1.09 bits per heavy atom. The van der Waals surface area contributed by atoms with Gasteiger partial charge in [-0.05, 0) is 37.0 Å². The molecule has 1 N–H and O–H groups in total. The van der Waals surface area contributed by atoms with Gasteiger partial charge in [0.1, 0.15) is 11.7 Å². The van der Waals surface area contributed by atoms with Crippen LogP contribution in [-0.4, -0.2) is 56.9 Å². The highest BCUT2D eigenvalue weighted by atomic mass is 16.2. The molecule has 0 aliphatic carbocycles. The Hall–Kier alpha value is -3.94. The maximum atomic E-state index is 13.3. The van der Waals surface area contributed by atoms with Crippen molar-refractivity contribution in [2.75, 3.05) is 13.6 Å². The fourth-order valence-corrected chi connectivity index (χ4v) is 4.29. The molecule has 0 fully saturated rings. The summed E-state index contributed by atoms with van der Waals surface area (Å²) in [5.74, 6) is -0.828. The molecule has 8 heteroatoms. The summed E-state index contributed by atoms with van der Waals surface area (Å²) < 4.78 is 1.60. The molecular formula is C27H31N5O3. The molecule has 182 valence electrons. The van der Waals surface area contributed by atoms with Gasteiger partial charge in [-0.2, -0.15) is 5.10 Å². The number of carbonyl (C=O) groups is 3. The summed E-state index contributed by atoms with van der Waals surface area (Å²) in [5.41, 5.74) is 3.76. The molecular weight excluding hydrogens is 442 g/mol. The first-order chi connectivity index (χ1) is 16.8. The van der Waals surface area contributed by atoms with Crippen molar-refractivity contribution in [2.24, 2.45) is 0 Å². The number of carbonyl (C=O) groups excluding carboxylic acids is 3. The van der Waals surface area contributed by atoms with Crippen LogP contribution >= 0.6 is 0 Å². The van der Waals surface area contributed by atoms with Crippen LogP contribution in [0.25, 0.3) is 0 Å². The minimum Gasteiger partial charge on any atom is -0.340 e. The van der Waals surface area contributed by atoms with Crippen molar-refractivity contribution in [1.82, 2.24) is 24.9 Å².